The normalized spacial score (nSPS) is 29.6. The highest BCUT2D eigenvalue weighted by Gasteiger charge is 2.56. The summed E-state index contributed by atoms with van der Waals surface area (Å²) in [5, 5.41) is 9.64. The zero-order chi connectivity index (χ0) is 15.0. The number of ether oxygens (including phenoxy) is 2. The number of hydrogen-bond donors (Lipinski definition) is 1. The van der Waals surface area contributed by atoms with Crippen LogP contribution in [0.3, 0.4) is 0 Å². The SMILES string of the molecule is C#CC[N@+]12CCc3cc(OC)c(OC)cc3[C@H]1[C@@H](CO)C2. The summed E-state index contributed by atoms with van der Waals surface area (Å²) in [6.45, 7) is 2.95. The Morgan fingerprint density at radius 1 is 1.33 bits per heavy atom. The third-order valence-corrected chi connectivity index (χ3v) is 5.07. The number of methoxy groups -OCH3 is 2. The number of terminal acetylenes is 1. The first-order valence-corrected chi connectivity index (χ1v) is 7.34. The Kier molecular flexibility index (Phi) is 3.56. The van der Waals surface area contributed by atoms with Crippen LogP contribution in [0.4, 0.5) is 0 Å². The molecule has 4 heteroatoms. The summed E-state index contributed by atoms with van der Waals surface area (Å²) in [6.07, 6.45) is 6.57. The van der Waals surface area contributed by atoms with E-state index in [1.54, 1.807) is 14.2 Å². The van der Waals surface area contributed by atoms with Gasteiger partial charge in [0, 0.05) is 12.0 Å². The standard InChI is InChI=1S/C17H22NO3/c1-4-6-18-7-5-12-8-15(20-2)16(21-3)9-14(12)17(18)13(10-18)11-19/h1,8-9,13,17,19H,5-7,10-11H2,2-3H3/q+1/t13-,17-,18-/m1/s1. The lowest BCUT2D eigenvalue weighted by atomic mass is 9.74. The quantitative estimate of drug-likeness (QED) is 0.672. The lowest BCUT2D eigenvalue weighted by Crippen LogP contribution is -2.68. The van der Waals surface area contributed by atoms with Gasteiger partial charge in [0.05, 0.1) is 39.8 Å². The number of benzene rings is 1. The molecule has 0 saturated carbocycles. The molecule has 1 saturated heterocycles. The Morgan fingerprint density at radius 3 is 2.67 bits per heavy atom. The predicted molar refractivity (Wildman–Crippen MR) is 80.3 cm³/mol. The number of hydrogen-bond acceptors (Lipinski definition) is 3. The molecule has 2 aliphatic heterocycles. The van der Waals surface area contributed by atoms with E-state index in [4.69, 9.17) is 15.9 Å². The van der Waals surface area contributed by atoms with Gasteiger partial charge in [0.1, 0.15) is 12.6 Å². The third-order valence-electron chi connectivity index (χ3n) is 5.07. The summed E-state index contributed by atoms with van der Waals surface area (Å²) < 4.78 is 11.7. The van der Waals surface area contributed by atoms with Crippen LogP contribution in [0.25, 0.3) is 0 Å². The van der Waals surface area contributed by atoms with Crippen LogP contribution in [0, 0.1) is 18.3 Å². The Morgan fingerprint density at radius 2 is 2.05 bits per heavy atom. The number of fused-ring (bicyclic) bond motifs is 3. The zero-order valence-corrected chi connectivity index (χ0v) is 12.6. The summed E-state index contributed by atoms with van der Waals surface area (Å²) in [5.41, 5.74) is 2.56. The lowest BCUT2D eigenvalue weighted by molar-refractivity contribution is -1.00. The van der Waals surface area contributed by atoms with Crippen molar-refractivity contribution in [3.05, 3.63) is 23.3 Å². The lowest BCUT2D eigenvalue weighted by Gasteiger charge is -2.58. The van der Waals surface area contributed by atoms with Crippen LogP contribution in [0.1, 0.15) is 17.2 Å². The number of quaternary nitrogens is 1. The molecule has 0 radical (unpaired) electrons. The first kappa shape index (κ1) is 14.2. The van der Waals surface area contributed by atoms with Crippen LogP contribution in [-0.2, 0) is 6.42 Å². The monoisotopic (exact) mass is 288 g/mol. The maximum absolute atomic E-state index is 9.64. The van der Waals surface area contributed by atoms with E-state index in [9.17, 15) is 5.11 Å². The topological polar surface area (TPSA) is 38.7 Å². The highest BCUT2D eigenvalue weighted by molar-refractivity contribution is 5.49. The van der Waals surface area contributed by atoms with Crippen molar-refractivity contribution >= 4 is 0 Å². The summed E-state index contributed by atoms with van der Waals surface area (Å²) in [4.78, 5) is 0. The van der Waals surface area contributed by atoms with E-state index in [-0.39, 0.29) is 18.6 Å². The van der Waals surface area contributed by atoms with Gasteiger partial charge in [-0.2, -0.15) is 0 Å². The van der Waals surface area contributed by atoms with Gasteiger partial charge >= 0.3 is 0 Å². The molecule has 0 aliphatic carbocycles. The van der Waals surface area contributed by atoms with Gasteiger partial charge in [-0.25, -0.2) is 0 Å². The summed E-state index contributed by atoms with van der Waals surface area (Å²) in [6, 6.07) is 4.43. The van der Waals surface area contributed by atoms with E-state index in [0.29, 0.717) is 0 Å². The summed E-state index contributed by atoms with van der Waals surface area (Å²) >= 11 is 0. The van der Waals surface area contributed by atoms with Crippen LogP contribution in [0.2, 0.25) is 0 Å². The Labute approximate surface area is 125 Å². The van der Waals surface area contributed by atoms with E-state index in [1.807, 2.05) is 0 Å². The molecule has 1 N–H and O–H groups in total. The van der Waals surface area contributed by atoms with Crippen LogP contribution >= 0.6 is 0 Å². The van der Waals surface area contributed by atoms with Gasteiger partial charge < -0.3 is 19.1 Å². The van der Waals surface area contributed by atoms with Gasteiger partial charge in [-0.05, 0) is 23.6 Å². The zero-order valence-electron chi connectivity index (χ0n) is 12.6. The molecule has 0 unspecified atom stereocenters. The van der Waals surface area contributed by atoms with E-state index in [1.165, 1.54) is 11.1 Å². The molecule has 4 nitrogen and oxygen atoms in total. The number of aliphatic hydroxyl groups excluding tert-OH is 1. The first-order chi connectivity index (χ1) is 10.2. The van der Waals surface area contributed by atoms with Crippen molar-refractivity contribution < 1.29 is 19.1 Å². The van der Waals surface area contributed by atoms with Crippen molar-refractivity contribution in [3.63, 3.8) is 0 Å². The van der Waals surface area contributed by atoms with Gasteiger partial charge in [-0.3, -0.25) is 0 Å². The van der Waals surface area contributed by atoms with Gasteiger partial charge in [0.25, 0.3) is 0 Å². The molecular weight excluding hydrogens is 266 g/mol. The molecule has 21 heavy (non-hydrogen) atoms. The second kappa shape index (κ2) is 5.25. The minimum atomic E-state index is 0.211. The molecule has 112 valence electrons. The molecule has 3 rings (SSSR count). The number of nitrogens with zero attached hydrogens (tertiary/aromatic N) is 1. The highest BCUT2D eigenvalue weighted by atomic mass is 16.5. The highest BCUT2D eigenvalue weighted by Crippen LogP contribution is 2.51. The minimum absolute atomic E-state index is 0.211. The fourth-order valence-electron chi connectivity index (χ4n) is 4.12. The Bertz CT molecular complexity index is 592. The third kappa shape index (κ3) is 2.00. The first-order valence-electron chi connectivity index (χ1n) is 7.34. The molecule has 1 fully saturated rings. The second-order valence-electron chi connectivity index (χ2n) is 6.03. The molecule has 0 bridgehead atoms. The maximum Gasteiger partial charge on any atom is 0.161 e. The van der Waals surface area contributed by atoms with Crippen LogP contribution < -0.4 is 9.47 Å². The molecule has 2 heterocycles. The fourth-order valence-corrected chi connectivity index (χ4v) is 4.12. The Hall–Kier alpha value is -1.70. The average Bonchev–Trinajstić information content (AvgIpc) is 2.49. The number of aliphatic hydroxyl groups is 1. The van der Waals surface area contributed by atoms with Crippen molar-refractivity contribution in [3.8, 4) is 23.8 Å². The van der Waals surface area contributed by atoms with Crippen LogP contribution in [0.15, 0.2) is 12.1 Å². The van der Waals surface area contributed by atoms with Crippen molar-refractivity contribution in [2.24, 2.45) is 5.92 Å². The van der Waals surface area contributed by atoms with Crippen molar-refractivity contribution in [1.82, 2.24) is 0 Å². The van der Waals surface area contributed by atoms with Crippen LogP contribution in [-0.4, -0.2) is 50.1 Å². The van der Waals surface area contributed by atoms with Crippen molar-refractivity contribution in [2.45, 2.75) is 12.5 Å². The molecule has 3 atom stereocenters. The molecule has 1 aromatic carbocycles. The smallest absolute Gasteiger partial charge is 0.161 e. The second-order valence-corrected chi connectivity index (χ2v) is 6.03. The molecular formula is C17H22NO3+. The van der Waals surface area contributed by atoms with E-state index < -0.39 is 0 Å². The average molecular weight is 288 g/mol. The van der Waals surface area contributed by atoms with E-state index in [0.717, 1.165) is 42.0 Å². The largest absolute Gasteiger partial charge is 0.493 e. The van der Waals surface area contributed by atoms with E-state index >= 15 is 0 Å². The van der Waals surface area contributed by atoms with Crippen molar-refractivity contribution in [1.29, 1.82) is 0 Å². The maximum atomic E-state index is 9.64. The Balaban J connectivity index is 2.06. The van der Waals surface area contributed by atoms with E-state index in [2.05, 4.69) is 18.1 Å². The molecule has 2 aliphatic rings. The van der Waals surface area contributed by atoms with Gasteiger partial charge in [0.15, 0.2) is 11.5 Å². The van der Waals surface area contributed by atoms with Gasteiger partial charge in [-0.15, -0.1) is 6.42 Å². The summed E-state index contributed by atoms with van der Waals surface area (Å²) in [5.74, 6) is 4.63. The number of rotatable bonds is 4. The summed E-state index contributed by atoms with van der Waals surface area (Å²) in [7, 11) is 3.31. The predicted octanol–water partition coefficient (Wildman–Crippen LogP) is 1.37. The molecule has 0 spiro atoms. The fraction of sp³-hybridized carbons (Fsp3) is 0.529. The van der Waals surface area contributed by atoms with Crippen LogP contribution in [0.5, 0.6) is 11.5 Å². The van der Waals surface area contributed by atoms with Gasteiger partial charge in [-0.1, -0.05) is 0 Å². The molecule has 0 amide bonds. The molecule has 0 aromatic heterocycles. The van der Waals surface area contributed by atoms with Gasteiger partial charge in [0.2, 0.25) is 0 Å². The molecule has 1 aromatic rings. The van der Waals surface area contributed by atoms with Crippen molar-refractivity contribution in [2.75, 3.05) is 40.5 Å². The minimum Gasteiger partial charge on any atom is -0.493 e.